The van der Waals surface area contributed by atoms with Crippen LogP contribution >= 0.6 is 0 Å². The van der Waals surface area contributed by atoms with Crippen molar-refractivity contribution in [1.82, 2.24) is 0 Å². The molecule has 0 radical (unpaired) electrons. The van der Waals surface area contributed by atoms with Crippen molar-refractivity contribution in [3.63, 3.8) is 0 Å². The third kappa shape index (κ3) is 3.86. The van der Waals surface area contributed by atoms with Crippen LogP contribution in [-0.2, 0) is 14.3 Å². The van der Waals surface area contributed by atoms with E-state index < -0.39 is 6.10 Å². The van der Waals surface area contributed by atoms with Crippen LogP contribution in [0.4, 0.5) is 11.4 Å². The van der Waals surface area contributed by atoms with Gasteiger partial charge < -0.3 is 29.6 Å². The lowest BCUT2D eigenvalue weighted by atomic mass is 10.1. The van der Waals surface area contributed by atoms with Crippen LogP contribution in [0.2, 0.25) is 0 Å². The maximum Gasteiger partial charge on any atom is 0.257 e. The van der Waals surface area contributed by atoms with Crippen LogP contribution in [-0.4, -0.2) is 44.5 Å². The van der Waals surface area contributed by atoms with E-state index in [2.05, 4.69) is 10.6 Å². The van der Waals surface area contributed by atoms with Gasteiger partial charge in [-0.2, -0.15) is 0 Å². The molecule has 8 heteroatoms. The Labute approximate surface area is 155 Å². The molecule has 0 aliphatic carbocycles. The van der Waals surface area contributed by atoms with Crippen LogP contribution in [0.25, 0.3) is 0 Å². The molecule has 140 valence electrons. The highest BCUT2D eigenvalue weighted by Gasteiger charge is 2.24. The summed E-state index contributed by atoms with van der Waals surface area (Å²) < 4.78 is 21.2. The summed E-state index contributed by atoms with van der Waals surface area (Å²) in [6, 6.07) is 11.9. The molecule has 0 saturated carbocycles. The molecule has 0 bridgehead atoms. The number of hydrogen-bond donors (Lipinski definition) is 2. The van der Waals surface area contributed by atoms with Crippen molar-refractivity contribution in [3.8, 4) is 11.5 Å². The van der Waals surface area contributed by atoms with Gasteiger partial charge >= 0.3 is 0 Å². The Hall–Kier alpha value is -3.10. The second-order valence-corrected chi connectivity index (χ2v) is 5.99. The predicted octanol–water partition coefficient (Wildman–Crippen LogP) is 2.02. The van der Waals surface area contributed by atoms with Gasteiger partial charge in [-0.3, -0.25) is 9.59 Å². The first kappa shape index (κ1) is 17.3. The van der Waals surface area contributed by atoms with Crippen molar-refractivity contribution < 1.29 is 28.5 Å². The molecule has 27 heavy (non-hydrogen) atoms. The van der Waals surface area contributed by atoms with Crippen LogP contribution in [0.1, 0.15) is 10.4 Å². The molecule has 4 rings (SSSR count). The largest absolute Gasteiger partial charge is 0.454 e. The molecular formula is C19H18N2O6. The number of carbonyl (C=O) groups is 2. The smallest absolute Gasteiger partial charge is 0.257 e. The minimum atomic E-state index is -0.691. The summed E-state index contributed by atoms with van der Waals surface area (Å²) in [5.74, 6) is 0.503. The molecule has 2 amide bonds. The average molecular weight is 370 g/mol. The number of hydrogen-bond acceptors (Lipinski definition) is 6. The zero-order chi connectivity index (χ0) is 18.6. The monoisotopic (exact) mass is 370 g/mol. The maximum absolute atomic E-state index is 12.7. The maximum atomic E-state index is 12.7. The van der Waals surface area contributed by atoms with Crippen LogP contribution in [0.15, 0.2) is 42.5 Å². The number of carbonyl (C=O) groups excluding carboxylic acids is 2. The number of amides is 2. The minimum Gasteiger partial charge on any atom is -0.454 e. The lowest BCUT2D eigenvalue weighted by Gasteiger charge is -2.22. The van der Waals surface area contributed by atoms with Crippen LogP contribution in [0.5, 0.6) is 11.5 Å². The SMILES string of the molecule is O=C(Nc1ccc2c(c1)OCO2)c1ccccc1NC(=O)[C@@H]1COCCO1. The molecule has 2 N–H and O–H groups in total. The summed E-state index contributed by atoms with van der Waals surface area (Å²) in [7, 11) is 0. The minimum absolute atomic E-state index is 0.161. The first-order valence-corrected chi connectivity index (χ1v) is 8.51. The zero-order valence-corrected chi connectivity index (χ0v) is 14.4. The fraction of sp³-hybridized carbons (Fsp3) is 0.263. The molecule has 1 saturated heterocycles. The lowest BCUT2D eigenvalue weighted by molar-refractivity contribution is -0.142. The van der Waals surface area contributed by atoms with Crippen molar-refractivity contribution in [1.29, 1.82) is 0 Å². The first-order chi connectivity index (χ1) is 13.2. The summed E-state index contributed by atoms with van der Waals surface area (Å²) in [5, 5.41) is 5.54. The van der Waals surface area contributed by atoms with E-state index in [1.165, 1.54) is 0 Å². The first-order valence-electron chi connectivity index (χ1n) is 8.51. The molecule has 2 heterocycles. The Kier molecular flexibility index (Phi) is 4.91. The summed E-state index contributed by atoms with van der Waals surface area (Å²) in [6.07, 6.45) is -0.691. The van der Waals surface area contributed by atoms with Crippen LogP contribution < -0.4 is 20.1 Å². The van der Waals surface area contributed by atoms with E-state index in [1.54, 1.807) is 42.5 Å². The Morgan fingerprint density at radius 3 is 2.67 bits per heavy atom. The zero-order valence-electron chi connectivity index (χ0n) is 14.4. The Morgan fingerprint density at radius 1 is 0.963 bits per heavy atom. The van der Waals surface area contributed by atoms with E-state index in [0.717, 1.165) is 0 Å². The summed E-state index contributed by atoms with van der Waals surface area (Å²) in [5.41, 5.74) is 1.30. The van der Waals surface area contributed by atoms with Gasteiger partial charge in [-0.05, 0) is 24.3 Å². The molecule has 1 fully saturated rings. The van der Waals surface area contributed by atoms with E-state index in [9.17, 15) is 9.59 Å². The van der Waals surface area contributed by atoms with Gasteiger partial charge in [0.05, 0.1) is 31.1 Å². The molecule has 0 aromatic heterocycles. The average Bonchev–Trinajstić information content (AvgIpc) is 3.17. The van der Waals surface area contributed by atoms with E-state index in [-0.39, 0.29) is 25.2 Å². The molecule has 2 aliphatic rings. The van der Waals surface area contributed by atoms with Gasteiger partial charge in [-0.1, -0.05) is 12.1 Å². The molecule has 1 atom stereocenters. The number of rotatable bonds is 4. The summed E-state index contributed by atoms with van der Waals surface area (Å²) in [6.45, 7) is 1.19. The van der Waals surface area contributed by atoms with Crippen molar-refractivity contribution in [2.24, 2.45) is 0 Å². The quantitative estimate of drug-likeness (QED) is 0.855. The topological polar surface area (TPSA) is 95.1 Å². The lowest BCUT2D eigenvalue weighted by Crippen LogP contribution is -2.39. The number of anilines is 2. The molecule has 2 aromatic carbocycles. The van der Waals surface area contributed by atoms with E-state index in [4.69, 9.17) is 18.9 Å². The van der Waals surface area contributed by atoms with Crippen LogP contribution in [0.3, 0.4) is 0 Å². The summed E-state index contributed by atoms with van der Waals surface area (Å²) >= 11 is 0. The van der Waals surface area contributed by atoms with Crippen molar-refractivity contribution >= 4 is 23.2 Å². The van der Waals surface area contributed by atoms with Crippen molar-refractivity contribution in [3.05, 3.63) is 48.0 Å². The van der Waals surface area contributed by atoms with Gasteiger partial charge in [0.1, 0.15) is 0 Å². The van der Waals surface area contributed by atoms with Gasteiger partial charge in [0, 0.05) is 11.8 Å². The third-order valence-corrected chi connectivity index (χ3v) is 4.17. The standard InChI is InChI=1S/C19H18N2O6/c22-18(20-12-5-6-15-16(9-12)27-11-26-15)13-3-1-2-4-14(13)21-19(23)17-10-24-7-8-25-17/h1-6,9,17H,7-8,10-11H2,(H,20,22)(H,21,23)/t17-/m0/s1. The molecule has 2 aliphatic heterocycles. The van der Waals surface area contributed by atoms with E-state index in [0.29, 0.717) is 41.7 Å². The second-order valence-electron chi connectivity index (χ2n) is 5.99. The highest BCUT2D eigenvalue weighted by atomic mass is 16.7. The normalized spacial score (nSPS) is 18.0. The fourth-order valence-corrected chi connectivity index (χ4v) is 2.82. The third-order valence-electron chi connectivity index (χ3n) is 4.17. The van der Waals surface area contributed by atoms with Crippen molar-refractivity contribution in [2.75, 3.05) is 37.2 Å². The van der Waals surface area contributed by atoms with E-state index >= 15 is 0 Å². The number of para-hydroxylation sites is 1. The van der Waals surface area contributed by atoms with E-state index in [1.807, 2.05) is 0 Å². The molecule has 0 unspecified atom stereocenters. The number of ether oxygens (including phenoxy) is 4. The predicted molar refractivity (Wildman–Crippen MR) is 96.1 cm³/mol. The van der Waals surface area contributed by atoms with Crippen molar-refractivity contribution in [2.45, 2.75) is 6.10 Å². The highest BCUT2D eigenvalue weighted by molar-refractivity contribution is 6.10. The van der Waals surface area contributed by atoms with Crippen LogP contribution in [0, 0.1) is 0 Å². The number of nitrogens with one attached hydrogen (secondary N) is 2. The second kappa shape index (κ2) is 7.65. The Morgan fingerprint density at radius 2 is 1.81 bits per heavy atom. The summed E-state index contributed by atoms with van der Waals surface area (Å²) in [4.78, 5) is 25.1. The highest BCUT2D eigenvalue weighted by Crippen LogP contribution is 2.34. The Balaban J connectivity index is 1.48. The molecular weight excluding hydrogens is 352 g/mol. The molecule has 8 nitrogen and oxygen atoms in total. The molecule has 0 spiro atoms. The van der Waals surface area contributed by atoms with Gasteiger partial charge in [0.15, 0.2) is 17.6 Å². The van der Waals surface area contributed by atoms with Gasteiger partial charge in [-0.25, -0.2) is 0 Å². The van der Waals surface area contributed by atoms with Gasteiger partial charge in [0.25, 0.3) is 11.8 Å². The molecule has 2 aromatic rings. The number of benzene rings is 2. The van der Waals surface area contributed by atoms with Gasteiger partial charge in [-0.15, -0.1) is 0 Å². The Bertz CT molecular complexity index is 863. The van der Waals surface area contributed by atoms with Gasteiger partial charge in [0.2, 0.25) is 6.79 Å². The number of fused-ring (bicyclic) bond motifs is 1. The fourth-order valence-electron chi connectivity index (χ4n) is 2.82.